The molecule has 0 bridgehead atoms. The molecule has 0 spiro atoms. The molecule has 0 radical (unpaired) electrons. The van der Waals surface area contributed by atoms with Crippen LogP contribution in [0, 0.1) is 0 Å². The zero-order chi connectivity index (χ0) is 14.0. The van der Waals surface area contributed by atoms with E-state index in [2.05, 4.69) is 10.3 Å². The van der Waals surface area contributed by atoms with Crippen molar-refractivity contribution < 1.29 is 14.7 Å². The molecule has 8 heteroatoms. The van der Waals surface area contributed by atoms with E-state index in [4.69, 9.17) is 17.3 Å². The second-order valence-electron chi connectivity index (χ2n) is 4.15. The first-order valence-corrected chi connectivity index (χ1v) is 6.02. The molecule has 1 aliphatic rings. The van der Waals surface area contributed by atoms with Crippen molar-refractivity contribution in [2.24, 2.45) is 5.73 Å². The number of aromatic nitrogens is 1. The zero-order valence-electron chi connectivity index (χ0n) is 9.91. The van der Waals surface area contributed by atoms with Gasteiger partial charge in [0.15, 0.2) is 6.04 Å². The van der Waals surface area contributed by atoms with Crippen LogP contribution >= 0.6 is 11.6 Å². The number of pyridine rings is 1. The fraction of sp³-hybridized carbons (Fsp3) is 0.364. The van der Waals surface area contributed by atoms with Crippen molar-refractivity contribution in [2.45, 2.75) is 12.1 Å². The number of hydrogen-bond donors (Lipinski definition) is 3. The zero-order valence-corrected chi connectivity index (χ0v) is 10.7. The molecule has 1 aromatic rings. The molecule has 102 valence electrons. The monoisotopic (exact) mass is 284 g/mol. The summed E-state index contributed by atoms with van der Waals surface area (Å²) in [7, 11) is 0. The number of carbonyl (C=O) groups excluding carboxylic acids is 1. The number of rotatable bonds is 2. The number of amides is 2. The molecule has 1 fully saturated rings. The van der Waals surface area contributed by atoms with Crippen LogP contribution in [0.15, 0.2) is 18.3 Å². The minimum absolute atomic E-state index is 0.246. The maximum Gasteiger partial charge on any atom is 0.328 e. The molecule has 2 atom stereocenters. The highest BCUT2D eigenvalue weighted by Gasteiger charge is 2.40. The number of urea groups is 1. The maximum absolute atomic E-state index is 11.4. The Balaban J connectivity index is 2.33. The van der Waals surface area contributed by atoms with Crippen LogP contribution in [0.1, 0.15) is 11.7 Å². The van der Waals surface area contributed by atoms with Crippen LogP contribution < -0.4 is 11.1 Å². The molecule has 1 aromatic heterocycles. The van der Waals surface area contributed by atoms with E-state index in [0.717, 1.165) is 4.90 Å². The quantitative estimate of drug-likeness (QED) is 0.719. The van der Waals surface area contributed by atoms with Gasteiger partial charge in [0, 0.05) is 19.3 Å². The summed E-state index contributed by atoms with van der Waals surface area (Å²) in [6.45, 7) is 0.693. The Morgan fingerprint density at radius 1 is 1.53 bits per heavy atom. The van der Waals surface area contributed by atoms with E-state index in [1.165, 1.54) is 6.20 Å². The standard InChI is InChI=1S/C11H13ClN4O3/c12-6-1-2-7(15-5-6)8-9(10(17)18)16(11(13)19)4-3-14-8/h1-2,5,8-9,14H,3-4H2,(H2,13,19)(H,17,18). The summed E-state index contributed by atoms with van der Waals surface area (Å²) in [6.07, 6.45) is 1.43. The highest BCUT2D eigenvalue weighted by Crippen LogP contribution is 2.23. The van der Waals surface area contributed by atoms with Crippen molar-refractivity contribution >= 4 is 23.6 Å². The highest BCUT2D eigenvalue weighted by atomic mass is 35.5. The lowest BCUT2D eigenvalue weighted by Crippen LogP contribution is -2.59. The topological polar surface area (TPSA) is 109 Å². The average Bonchev–Trinajstić information content (AvgIpc) is 2.38. The lowest BCUT2D eigenvalue weighted by atomic mass is 10.00. The predicted octanol–water partition coefficient (Wildman–Crippen LogP) is 0.213. The number of carbonyl (C=O) groups is 2. The molecule has 0 saturated carbocycles. The second kappa shape index (κ2) is 5.41. The van der Waals surface area contributed by atoms with Gasteiger partial charge in [0.1, 0.15) is 0 Å². The van der Waals surface area contributed by atoms with Crippen molar-refractivity contribution in [1.29, 1.82) is 0 Å². The lowest BCUT2D eigenvalue weighted by Gasteiger charge is -2.38. The van der Waals surface area contributed by atoms with Crippen LogP contribution in [0.25, 0.3) is 0 Å². The number of piperazine rings is 1. The van der Waals surface area contributed by atoms with Gasteiger partial charge in [0.25, 0.3) is 0 Å². The van der Waals surface area contributed by atoms with Crippen LogP contribution in [0.3, 0.4) is 0 Å². The first-order chi connectivity index (χ1) is 9.00. The van der Waals surface area contributed by atoms with Gasteiger partial charge in [-0.3, -0.25) is 4.98 Å². The molecule has 2 unspecified atom stereocenters. The Labute approximate surface area is 114 Å². The summed E-state index contributed by atoms with van der Waals surface area (Å²) in [5, 5.41) is 12.8. The number of aliphatic carboxylic acids is 1. The minimum Gasteiger partial charge on any atom is -0.480 e. The minimum atomic E-state index is -1.13. The Kier molecular flexibility index (Phi) is 3.87. The number of carboxylic acids is 1. The van der Waals surface area contributed by atoms with Crippen LogP contribution in [-0.4, -0.2) is 46.1 Å². The average molecular weight is 285 g/mol. The molecule has 19 heavy (non-hydrogen) atoms. The number of halogens is 1. The van der Waals surface area contributed by atoms with Gasteiger partial charge in [0.2, 0.25) is 0 Å². The summed E-state index contributed by atoms with van der Waals surface area (Å²) >= 11 is 5.74. The van der Waals surface area contributed by atoms with Crippen LogP contribution in [0.2, 0.25) is 5.02 Å². The number of nitrogens with zero attached hydrogens (tertiary/aromatic N) is 2. The van der Waals surface area contributed by atoms with Gasteiger partial charge >= 0.3 is 12.0 Å². The molecule has 4 N–H and O–H groups in total. The van der Waals surface area contributed by atoms with Crippen molar-refractivity contribution in [3.8, 4) is 0 Å². The van der Waals surface area contributed by atoms with Crippen molar-refractivity contribution in [3.63, 3.8) is 0 Å². The summed E-state index contributed by atoms with van der Waals surface area (Å²) < 4.78 is 0. The number of nitrogens with one attached hydrogen (secondary N) is 1. The third kappa shape index (κ3) is 2.77. The third-order valence-corrected chi connectivity index (χ3v) is 3.20. The number of nitrogens with two attached hydrogens (primary N) is 1. The Bertz CT molecular complexity index is 493. The number of primary amides is 1. The normalized spacial score (nSPS) is 23.1. The van der Waals surface area contributed by atoms with E-state index < -0.39 is 24.1 Å². The summed E-state index contributed by atoms with van der Waals surface area (Å²) in [5.74, 6) is -1.13. The van der Waals surface area contributed by atoms with Gasteiger partial charge < -0.3 is 21.1 Å². The van der Waals surface area contributed by atoms with E-state index in [9.17, 15) is 14.7 Å². The van der Waals surface area contributed by atoms with E-state index in [-0.39, 0.29) is 6.54 Å². The summed E-state index contributed by atoms with van der Waals surface area (Å²) in [6, 6.07) is 0.789. The smallest absolute Gasteiger partial charge is 0.328 e. The molecule has 2 heterocycles. The molecular weight excluding hydrogens is 272 g/mol. The van der Waals surface area contributed by atoms with Crippen LogP contribution in [0.5, 0.6) is 0 Å². The highest BCUT2D eigenvalue weighted by molar-refractivity contribution is 6.30. The van der Waals surface area contributed by atoms with Crippen molar-refractivity contribution in [1.82, 2.24) is 15.2 Å². The first kappa shape index (κ1) is 13.6. The van der Waals surface area contributed by atoms with E-state index in [1.54, 1.807) is 12.1 Å². The Hall–Kier alpha value is -1.86. The molecule has 2 rings (SSSR count). The van der Waals surface area contributed by atoms with Gasteiger partial charge in [-0.25, -0.2) is 9.59 Å². The van der Waals surface area contributed by atoms with E-state index in [1.807, 2.05) is 0 Å². The summed E-state index contributed by atoms with van der Waals surface area (Å²) in [5.41, 5.74) is 5.72. The van der Waals surface area contributed by atoms with E-state index >= 15 is 0 Å². The first-order valence-electron chi connectivity index (χ1n) is 5.64. The SMILES string of the molecule is NC(=O)N1CCNC(c2ccc(Cl)cn2)C1C(=O)O. The molecule has 0 aliphatic carbocycles. The fourth-order valence-corrected chi connectivity index (χ4v) is 2.24. The fourth-order valence-electron chi connectivity index (χ4n) is 2.13. The molecule has 1 aliphatic heterocycles. The maximum atomic E-state index is 11.4. The Morgan fingerprint density at radius 3 is 2.79 bits per heavy atom. The predicted molar refractivity (Wildman–Crippen MR) is 67.7 cm³/mol. The molecule has 0 aromatic carbocycles. The second-order valence-corrected chi connectivity index (χ2v) is 4.58. The molecule has 1 saturated heterocycles. The van der Waals surface area contributed by atoms with Crippen LogP contribution in [0.4, 0.5) is 4.79 Å². The lowest BCUT2D eigenvalue weighted by molar-refractivity contribution is -0.144. The van der Waals surface area contributed by atoms with E-state index in [0.29, 0.717) is 17.3 Å². The van der Waals surface area contributed by atoms with Gasteiger partial charge in [0.05, 0.1) is 16.8 Å². The van der Waals surface area contributed by atoms with Crippen molar-refractivity contribution in [2.75, 3.05) is 13.1 Å². The van der Waals surface area contributed by atoms with Gasteiger partial charge in [-0.05, 0) is 12.1 Å². The van der Waals surface area contributed by atoms with Gasteiger partial charge in [-0.2, -0.15) is 0 Å². The molecular formula is C11H13ClN4O3. The van der Waals surface area contributed by atoms with Gasteiger partial charge in [-0.1, -0.05) is 11.6 Å². The number of carboxylic acid groups (broad SMARTS) is 1. The van der Waals surface area contributed by atoms with Gasteiger partial charge in [-0.15, -0.1) is 0 Å². The molecule has 7 nitrogen and oxygen atoms in total. The largest absolute Gasteiger partial charge is 0.480 e. The third-order valence-electron chi connectivity index (χ3n) is 2.97. The van der Waals surface area contributed by atoms with Crippen molar-refractivity contribution in [3.05, 3.63) is 29.0 Å². The Morgan fingerprint density at radius 2 is 2.26 bits per heavy atom. The molecule has 2 amide bonds. The summed E-state index contributed by atoms with van der Waals surface area (Å²) in [4.78, 5) is 27.9. The number of hydrogen-bond acceptors (Lipinski definition) is 4. The van der Waals surface area contributed by atoms with Crippen LogP contribution in [-0.2, 0) is 4.79 Å².